The normalized spacial score (nSPS) is 23.3. The van der Waals surface area contributed by atoms with Crippen molar-refractivity contribution in [1.29, 1.82) is 0 Å². The fourth-order valence-electron chi connectivity index (χ4n) is 3.43. The van der Waals surface area contributed by atoms with Gasteiger partial charge in [-0.25, -0.2) is 13.8 Å². The molecular formula is C20H20F2N4O2. The summed E-state index contributed by atoms with van der Waals surface area (Å²) in [5, 5.41) is 10.4. The van der Waals surface area contributed by atoms with E-state index >= 15 is 0 Å². The molecule has 2 atom stereocenters. The van der Waals surface area contributed by atoms with Crippen LogP contribution >= 0.6 is 0 Å². The number of aliphatic hydroxyl groups is 1. The molecule has 6 nitrogen and oxygen atoms in total. The second kappa shape index (κ2) is 7.65. The van der Waals surface area contributed by atoms with E-state index in [0.717, 1.165) is 11.6 Å². The average molecular weight is 386 g/mol. The van der Waals surface area contributed by atoms with Crippen molar-refractivity contribution >= 4 is 5.71 Å². The van der Waals surface area contributed by atoms with Gasteiger partial charge in [-0.05, 0) is 18.2 Å². The number of rotatable bonds is 3. The Morgan fingerprint density at radius 2 is 1.96 bits per heavy atom. The molecule has 146 valence electrons. The molecule has 1 N–H and O–H groups in total. The van der Waals surface area contributed by atoms with Gasteiger partial charge in [0.05, 0.1) is 18.4 Å². The summed E-state index contributed by atoms with van der Waals surface area (Å²) in [6.07, 6.45) is 3.91. The van der Waals surface area contributed by atoms with E-state index in [9.17, 15) is 13.9 Å². The Bertz CT molecular complexity index is 920. The Kier molecular flexibility index (Phi) is 5.06. The molecule has 3 heterocycles. The van der Waals surface area contributed by atoms with Crippen molar-refractivity contribution in [1.82, 2.24) is 14.8 Å². The van der Waals surface area contributed by atoms with Crippen LogP contribution in [0.25, 0.3) is 0 Å². The van der Waals surface area contributed by atoms with Gasteiger partial charge in [-0.15, -0.1) is 0 Å². The molecule has 0 saturated carbocycles. The fraction of sp³-hybridized carbons (Fsp3) is 0.300. The van der Waals surface area contributed by atoms with Crippen molar-refractivity contribution in [3.63, 3.8) is 0 Å². The maximum absolute atomic E-state index is 14.2. The number of aromatic nitrogens is 1. The van der Waals surface area contributed by atoms with Gasteiger partial charge in [0, 0.05) is 55.8 Å². The minimum Gasteiger partial charge on any atom is -0.495 e. The summed E-state index contributed by atoms with van der Waals surface area (Å²) in [5.74, 6) is -1.17. The number of aliphatic imine (C=N–C) groups is 1. The lowest BCUT2D eigenvalue weighted by Crippen LogP contribution is -2.52. The summed E-state index contributed by atoms with van der Waals surface area (Å²) in [6.45, 7) is 1.29. The maximum atomic E-state index is 14.2. The van der Waals surface area contributed by atoms with Gasteiger partial charge >= 0.3 is 0 Å². The van der Waals surface area contributed by atoms with Crippen LogP contribution in [-0.2, 0) is 4.74 Å². The standard InChI is InChI=1S/C20H20F2N4O2/c1-25-19(27)11-17(13-4-6-23-7-5-13)24-20(25)26-8-9-28-18(12-26)15-3-2-14(21)10-16(15)22/h2-7,10-11,18,20,27H,8-9,12H2,1H3/t18?,20-/m0/s1. The summed E-state index contributed by atoms with van der Waals surface area (Å²) >= 11 is 0. The zero-order valence-electron chi connectivity index (χ0n) is 15.3. The number of benzene rings is 1. The number of aliphatic hydroxyl groups excluding tert-OH is 1. The number of hydrogen-bond acceptors (Lipinski definition) is 6. The van der Waals surface area contributed by atoms with E-state index < -0.39 is 24.0 Å². The van der Waals surface area contributed by atoms with Gasteiger partial charge in [0.1, 0.15) is 11.6 Å². The summed E-state index contributed by atoms with van der Waals surface area (Å²) in [6, 6.07) is 7.13. The van der Waals surface area contributed by atoms with Gasteiger partial charge in [-0.2, -0.15) is 0 Å². The molecule has 0 radical (unpaired) electrons. The Morgan fingerprint density at radius 1 is 1.18 bits per heavy atom. The lowest BCUT2D eigenvalue weighted by Gasteiger charge is -2.41. The van der Waals surface area contributed by atoms with Crippen LogP contribution in [0.2, 0.25) is 0 Å². The van der Waals surface area contributed by atoms with Crippen molar-refractivity contribution < 1.29 is 18.6 Å². The third-order valence-electron chi connectivity index (χ3n) is 4.94. The van der Waals surface area contributed by atoms with E-state index in [0.29, 0.717) is 31.0 Å². The molecular weight excluding hydrogens is 366 g/mol. The second-order valence-corrected chi connectivity index (χ2v) is 6.73. The lowest BCUT2D eigenvalue weighted by atomic mass is 10.1. The number of pyridine rings is 1. The van der Waals surface area contributed by atoms with Crippen molar-refractivity contribution in [2.45, 2.75) is 12.4 Å². The van der Waals surface area contributed by atoms with Crippen LogP contribution in [-0.4, -0.2) is 58.6 Å². The maximum Gasteiger partial charge on any atom is 0.191 e. The zero-order chi connectivity index (χ0) is 19.7. The van der Waals surface area contributed by atoms with Crippen molar-refractivity contribution in [3.05, 3.63) is 77.4 Å². The van der Waals surface area contributed by atoms with Crippen LogP contribution in [0, 0.1) is 11.6 Å². The molecule has 8 heteroatoms. The van der Waals surface area contributed by atoms with E-state index in [1.54, 1.807) is 30.4 Å². The molecule has 1 saturated heterocycles. The molecule has 0 bridgehead atoms. The van der Waals surface area contributed by atoms with Crippen molar-refractivity contribution in [3.8, 4) is 0 Å². The topological polar surface area (TPSA) is 61.2 Å². The zero-order valence-corrected chi connectivity index (χ0v) is 15.3. The van der Waals surface area contributed by atoms with E-state index in [2.05, 4.69) is 4.98 Å². The molecule has 0 aliphatic carbocycles. The molecule has 4 rings (SSSR count). The van der Waals surface area contributed by atoms with Gasteiger partial charge < -0.3 is 14.7 Å². The van der Waals surface area contributed by atoms with Crippen molar-refractivity contribution in [2.75, 3.05) is 26.7 Å². The number of nitrogens with zero attached hydrogens (tertiary/aromatic N) is 4. The smallest absolute Gasteiger partial charge is 0.191 e. The monoisotopic (exact) mass is 386 g/mol. The molecule has 1 aromatic heterocycles. The van der Waals surface area contributed by atoms with Crippen LogP contribution in [0.1, 0.15) is 17.2 Å². The highest BCUT2D eigenvalue weighted by atomic mass is 19.1. The van der Waals surface area contributed by atoms with Gasteiger partial charge in [0.2, 0.25) is 0 Å². The molecule has 2 aromatic rings. The quantitative estimate of drug-likeness (QED) is 0.879. The average Bonchev–Trinajstić information content (AvgIpc) is 2.70. The van der Waals surface area contributed by atoms with Crippen LogP contribution in [0.4, 0.5) is 8.78 Å². The van der Waals surface area contributed by atoms with E-state index in [4.69, 9.17) is 9.73 Å². The minimum atomic E-state index is -0.632. The first-order chi connectivity index (χ1) is 13.5. The van der Waals surface area contributed by atoms with E-state index in [-0.39, 0.29) is 5.88 Å². The minimum absolute atomic E-state index is 0.0859. The number of morpholine rings is 1. The predicted molar refractivity (Wildman–Crippen MR) is 99.7 cm³/mol. The second-order valence-electron chi connectivity index (χ2n) is 6.73. The van der Waals surface area contributed by atoms with Crippen LogP contribution < -0.4 is 0 Å². The first-order valence-electron chi connectivity index (χ1n) is 8.95. The third kappa shape index (κ3) is 3.61. The molecule has 2 aliphatic rings. The Labute approximate surface area is 161 Å². The third-order valence-corrected chi connectivity index (χ3v) is 4.94. The highest BCUT2D eigenvalue weighted by Gasteiger charge is 2.33. The molecule has 1 unspecified atom stereocenters. The van der Waals surface area contributed by atoms with Gasteiger partial charge in [-0.1, -0.05) is 6.07 Å². The molecule has 0 amide bonds. The molecule has 28 heavy (non-hydrogen) atoms. The number of allylic oxidation sites excluding steroid dienone is 1. The number of hydrogen-bond donors (Lipinski definition) is 1. The first-order valence-corrected chi connectivity index (χ1v) is 8.95. The SMILES string of the molecule is CN1C(O)=CC(c2ccncc2)=N[C@@H]1N1CCOC(c2ccc(F)cc2F)C1. The van der Waals surface area contributed by atoms with Crippen LogP contribution in [0.15, 0.2) is 59.7 Å². The van der Waals surface area contributed by atoms with E-state index in [1.807, 2.05) is 17.0 Å². The van der Waals surface area contributed by atoms with Gasteiger partial charge in [0.15, 0.2) is 12.2 Å². The summed E-state index contributed by atoms with van der Waals surface area (Å²) < 4.78 is 33.1. The highest BCUT2D eigenvalue weighted by molar-refractivity contribution is 6.09. The summed E-state index contributed by atoms with van der Waals surface area (Å²) in [4.78, 5) is 12.4. The Morgan fingerprint density at radius 3 is 2.71 bits per heavy atom. The number of halogens is 2. The Balaban J connectivity index is 1.60. The van der Waals surface area contributed by atoms with Gasteiger partial charge in [0.25, 0.3) is 0 Å². The number of ether oxygens (including phenoxy) is 1. The summed E-state index contributed by atoms with van der Waals surface area (Å²) in [7, 11) is 1.74. The first kappa shape index (κ1) is 18.5. The predicted octanol–water partition coefficient (Wildman–Crippen LogP) is 2.85. The van der Waals surface area contributed by atoms with Crippen LogP contribution in [0.5, 0.6) is 0 Å². The fourth-order valence-corrected chi connectivity index (χ4v) is 3.43. The van der Waals surface area contributed by atoms with E-state index in [1.165, 1.54) is 12.1 Å². The molecule has 1 aromatic carbocycles. The van der Waals surface area contributed by atoms with Gasteiger partial charge in [-0.3, -0.25) is 9.88 Å². The molecule has 0 spiro atoms. The molecule has 2 aliphatic heterocycles. The van der Waals surface area contributed by atoms with Crippen LogP contribution in [0.3, 0.4) is 0 Å². The lowest BCUT2D eigenvalue weighted by molar-refractivity contribution is -0.0721. The highest BCUT2D eigenvalue weighted by Crippen LogP contribution is 2.28. The molecule has 1 fully saturated rings. The Hall–Kier alpha value is -2.84. The summed E-state index contributed by atoms with van der Waals surface area (Å²) in [5.41, 5.74) is 1.79. The largest absolute Gasteiger partial charge is 0.495 e. The van der Waals surface area contributed by atoms with Crippen molar-refractivity contribution in [2.24, 2.45) is 4.99 Å².